The molecule has 6 nitrogen and oxygen atoms in total. The molecule has 1 fully saturated rings. The van der Waals surface area contributed by atoms with Gasteiger partial charge in [0.1, 0.15) is 11.4 Å². The maximum atomic E-state index is 15.1. The molecule has 0 bridgehead atoms. The number of nitrogens with one attached hydrogen (secondary N) is 1. The second-order valence-electron chi connectivity index (χ2n) is 9.16. The van der Waals surface area contributed by atoms with E-state index in [1.165, 1.54) is 12.1 Å². The van der Waals surface area contributed by atoms with Crippen molar-refractivity contribution in [3.05, 3.63) is 70.1 Å². The van der Waals surface area contributed by atoms with Crippen molar-refractivity contribution in [3.63, 3.8) is 0 Å². The first-order valence-corrected chi connectivity index (χ1v) is 10.7. The molecular weight excluding hydrogens is 421 g/mol. The Labute approximate surface area is 192 Å². The van der Waals surface area contributed by atoms with Crippen LogP contribution < -0.4 is 15.1 Å². The number of urea groups is 1. The first kappa shape index (κ1) is 22.5. The number of likely N-dealkylation sites (N-methyl/N-ethyl adjacent to an activating group) is 1. The van der Waals surface area contributed by atoms with Crippen LogP contribution >= 0.6 is 0 Å². The molecule has 2 heterocycles. The van der Waals surface area contributed by atoms with Crippen LogP contribution in [0.4, 0.5) is 20.6 Å². The molecule has 4 amide bonds. The molecule has 0 saturated carbocycles. The summed E-state index contributed by atoms with van der Waals surface area (Å²) in [6.45, 7) is 9.80. The van der Waals surface area contributed by atoms with Crippen LogP contribution in [0.15, 0.2) is 42.0 Å². The molecule has 0 aromatic heterocycles. The van der Waals surface area contributed by atoms with Crippen LogP contribution in [0.25, 0.3) is 11.6 Å². The van der Waals surface area contributed by atoms with Crippen molar-refractivity contribution in [3.8, 4) is 0 Å². The van der Waals surface area contributed by atoms with E-state index in [1.807, 2.05) is 46.6 Å². The van der Waals surface area contributed by atoms with Crippen molar-refractivity contribution in [1.82, 2.24) is 5.32 Å². The van der Waals surface area contributed by atoms with Gasteiger partial charge in [0.2, 0.25) is 0 Å². The van der Waals surface area contributed by atoms with E-state index in [-0.39, 0.29) is 16.7 Å². The number of hydrogen-bond acceptors (Lipinski definition) is 4. The minimum Gasteiger partial charge on any atom is -0.365 e. The van der Waals surface area contributed by atoms with E-state index < -0.39 is 23.7 Å². The Morgan fingerprint density at radius 2 is 1.70 bits per heavy atom. The van der Waals surface area contributed by atoms with Crippen LogP contribution in [0.1, 0.15) is 43.0 Å². The highest BCUT2D eigenvalue weighted by atomic mass is 19.1. The van der Waals surface area contributed by atoms with Gasteiger partial charge in [0.15, 0.2) is 0 Å². The van der Waals surface area contributed by atoms with Gasteiger partial charge < -0.3 is 4.90 Å². The van der Waals surface area contributed by atoms with E-state index in [0.29, 0.717) is 5.69 Å². The molecule has 170 valence electrons. The van der Waals surface area contributed by atoms with Gasteiger partial charge in [-0.05, 0) is 81.7 Å². The third kappa shape index (κ3) is 3.73. The lowest BCUT2D eigenvalue weighted by Crippen LogP contribution is -2.54. The number of nitrogens with zero attached hydrogens (tertiary/aromatic N) is 2. The zero-order valence-electron chi connectivity index (χ0n) is 19.5. The highest BCUT2D eigenvalue weighted by Gasteiger charge is 2.37. The number of hydrogen-bond donors (Lipinski definition) is 1. The van der Waals surface area contributed by atoms with Crippen molar-refractivity contribution in [2.24, 2.45) is 0 Å². The summed E-state index contributed by atoms with van der Waals surface area (Å²) >= 11 is 0. The number of allylic oxidation sites excluding steroid dienone is 1. The first-order valence-electron chi connectivity index (χ1n) is 10.7. The highest BCUT2D eigenvalue weighted by molar-refractivity contribution is 6.39. The molecule has 2 aliphatic heterocycles. The largest absolute Gasteiger partial charge is 0.365 e. The molecule has 0 unspecified atom stereocenters. The molecule has 4 rings (SSSR count). The normalized spacial score (nSPS) is 18.9. The van der Waals surface area contributed by atoms with Crippen molar-refractivity contribution in [2.45, 2.75) is 40.2 Å². The van der Waals surface area contributed by atoms with Crippen LogP contribution in [0.2, 0.25) is 0 Å². The van der Waals surface area contributed by atoms with E-state index >= 15 is 4.39 Å². The summed E-state index contributed by atoms with van der Waals surface area (Å²) < 4.78 is 15.1. The Balaban J connectivity index is 1.79. The minimum atomic E-state index is -0.854. The number of imide groups is 2. The molecule has 2 aromatic carbocycles. The average molecular weight is 448 g/mol. The quantitative estimate of drug-likeness (QED) is 0.533. The Morgan fingerprint density at radius 3 is 2.36 bits per heavy atom. The average Bonchev–Trinajstić information content (AvgIpc) is 2.72. The number of halogens is 1. The highest BCUT2D eigenvalue weighted by Crippen LogP contribution is 2.39. The molecule has 1 N–H and O–H groups in total. The number of benzene rings is 2. The number of amides is 4. The van der Waals surface area contributed by atoms with Crippen molar-refractivity contribution in [2.75, 3.05) is 16.8 Å². The summed E-state index contributed by atoms with van der Waals surface area (Å²) in [6, 6.07) is 7.34. The number of anilines is 2. The summed E-state index contributed by atoms with van der Waals surface area (Å²) in [7, 11) is 1.89. The number of barbiturate groups is 1. The maximum Gasteiger partial charge on any atom is 0.335 e. The Hall–Kier alpha value is -3.74. The number of fused-ring (bicyclic) bond motifs is 1. The molecule has 0 spiro atoms. The smallest absolute Gasteiger partial charge is 0.335 e. The van der Waals surface area contributed by atoms with Gasteiger partial charge in [0.25, 0.3) is 11.8 Å². The molecular formula is C26H26FN3O3. The fraction of sp³-hybridized carbons (Fsp3) is 0.269. The first-order chi connectivity index (χ1) is 15.4. The summed E-state index contributed by atoms with van der Waals surface area (Å²) in [6.07, 6.45) is 3.30. The lowest BCUT2D eigenvalue weighted by atomic mass is 9.88. The van der Waals surface area contributed by atoms with Gasteiger partial charge >= 0.3 is 6.03 Å². The number of carbonyl (C=O) groups excluding carboxylic acids is 3. The Bertz CT molecular complexity index is 1290. The maximum absolute atomic E-state index is 15.1. The van der Waals surface area contributed by atoms with Gasteiger partial charge in [0.05, 0.1) is 11.2 Å². The van der Waals surface area contributed by atoms with Gasteiger partial charge in [0, 0.05) is 23.9 Å². The van der Waals surface area contributed by atoms with Gasteiger partial charge in [-0.15, -0.1) is 0 Å². The standard InChI is InChI=1S/C26H26FN3O3/c1-14-7-8-18(9-15(14)2)30-24(32)20(23(31)28-25(30)33)11-17-10-19-16(3)13-26(4,5)29(6)22(19)12-21(17)27/h7-13H,1-6H3,(H,28,31,33)/b20-11-. The molecule has 33 heavy (non-hydrogen) atoms. The zero-order valence-corrected chi connectivity index (χ0v) is 19.5. The fourth-order valence-corrected chi connectivity index (χ4v) is 4.21. The number of carbonyl (C=O) groups is 3. The van der Waals surface area contributed by atoms with E-state index in [4.69, 9.17) is 0 Å². The molecule has 0 radical (unpaired) electrons. The van der Waals surface area contributed by atoms with Gasteiger partial charge in [-0.1, -0.05) is 12.1 Å². The third-order valence-corrected chi connectivity index (χ3v) is 6.49. The van der Waals surface area contributed by atoms with Crippen LogP contribution in [-0.4, -0.2) is 30.4 Å². The topological polar surface area (TPSA) is 69.7 Å². The van der Waals surface area contributed by atoms with Gasteiger partial charge in [-0.3, -0.25) is 14.9 Å². The molecule has 0 aliphatic carbocycles. The Kier molecular flexibility index (Phi) is 5.23. The summed E-state index contributed by atoms with van der Waals surface area (Å²) in [5.41, 5.74) is 4.26. The van der Waals surface area contributed by atoms with Gasteiger partial charge in [-0.2, -0.15) is 0 Å². The van der Waals surface area contributed by atoms with Crippen LogP contribution in [-0.2, 0) is 9.59 Å². The second-order valence-corrected chi connectivity index (χ2v) is 9.16. The SMILES string of the molecule is CC1=CC(C)(C)N(C)c2cc(F)c(/C=C3/C(=O)NC(=O)N(c4ccc(C)c(C)c4)C3=O)cc21. The molecule has 2 aromatic rings. The summed E-state index contributed by atoms with van der Waals surface area (Å²) in [5.74, 6) is -2.21. The fourth-order valence-electron chi connectivity index (χ4n) is 4.21. The predicted molar refractivity (Wildman–Crippen MR) is 127 cm³/mol. The second kappa shape index (κ2) is 7.69. The van der Waals surface area contributed by atoms with Crippen molar-refractivity contribution in [1.29, 1.82) is 0 Å². The van der Waals surface area contributed by atoms with Gasteiger partial charge in [-0.25, -0.2) is 14.1 Å². The molecule has 0 atom stereocenters. The van der Waals surface area contributed by atoms with E-state index in [9.17, 15) is 14.4 Å². The van der Waals surface area contributed by atoms with E-state index in [2.05, 4.69) is 11.4 Å². The van der Waals surface area contributed by atoms with Crippen LogP contribution in [0, 0.1) is 19.7 Å². The number of rotatable bonds is 2. The van der Waals surface area contributed by atoms with E-state index in [1.54, 1.807) is 24.3 Å². The van der Waals surface area contributed by atoms with Crippen molar-refractivity contribution < 1.29 is 18.8 Å². The predicted octanol–water partition coefficient (Wildman–Crippen LogP) is 4.74. The monoisotopic (exact) mass is 447 g/mol. The van der Waals surface area contributed by atoms with Crippen LogP contribution in [0.5, 0.6) is 0 Å². The lowest BCUT2D eigenvalue weighted by Gasteiger charge is -2.40. The summed E-state index contributed by atoms with van der Waals surface area (Å²) in [4.78, 5) is 41.1. The van der Waals surface area contributed by atoms with E-state index in [0.717, 1.165) is 32.9 Å². The number of aryl methyl sites for hydroxylation is 2. The van der Waals surface area contributed by atoms with Crippen molar-refractivity contribution >= 4 is 40.9 Å². The van der Waals surface area contributed by atoms with Crippen LogP contribution in [0.3, 0.4) is 0 Å². The third-order valence-electron chi connectivity index (χ3n) is 6.49. The summed E-state index contributed by atoms with van der Waals surface area (Å²) in [5, 5.41) is 2.19. The lowest BCUT2D eigenvalue weighted by molar-refractivity contribution is -0.122. The zero-order chi connectivity index (χ0) is 24.2. The molecule has 2 aliphatic rings. The minimum absolute atomic E-state index is 0.0995. The Morgan fingerprint density at radius 1 is 1.00 bits per heavy atom. The molecule has 1 saturated heterocycles. The molecule has 7 heteroatoms.